The third-order valence-electron chi connectivity index (χ3n) is 4.82. The first-order valence-electron chi connectivity index (χ1n) is 9.46. The maximum Gasteiger partial charge on any atom is 0.315 e. The second-order valence-electron chi connectivity index (χ2n) is 6.71. The van der Waals surface area contributed by atoms with E-state index in [1.807, 2.05) is 30.3 Å². The fraction of sp³-hybridized carbons (Fsp3) is 0.217. The molecular weight excluding hydrogens is 387 g/mol. The first-order valence-corrected chi connectivity index (χ1v) is 9.46. The second-order valence-corrected chi connectivity index (χ2v) is 6.71. The quantitative estimate of drug-likeness (QED) is 0.410. The van der Waals surface area contributed by atoms with E-state index in [0.717, 1.165) is 12.0 Å². The zero-order chi connectivity index (χ0) is 21.5. The van der Waals surface area contributed by atoms with Gasteiger partial charge in [0.1, 0.15) is 5.82 Å². The molecule has 0 amide bonds. The van der Waals surface area contributed by atoms with Crippen molar-refractivity contribution in [3.05, 3.63) is 99.4 Å². The SMILES string of the molecule is COc1cc(C(NCCc2ccccc2)c2ccc(F)cc2)cc([N+](=O)[O-])c1OC. The van der Waals surface area contributed by atoms with Gasteiger partial charge in [0.15, 0.2) is 5.75 Å². The van der Waals surface area contributed by atoms with Crippen LogP contribution >= 0.6 is 0 Å². The summed E-state index contributed by atoms with van der Waals surface area (Å²) in [5, 5.41) is 15.0. The van der Waals surface area contributed by atoms with Crippen LogP contribution in [0.3, 0.4) is 0 Å². The van der Waals surface area contributed by atoms with Gasteiger partial charge in [-0.25, -0.2) is 4.39 Å². The summed E-state index contributed by atoms with van der Waals surface area (Å²) in [6, 6.07) is 18.8. The number of hydrogen-bond acceptors (Lipinski definition) is 5. The van der Waals surface area contributed by atoms with Crippen LogP contribution in [0.4, 0.5) is 10.1 Å². The number of nitrogens with zero attached hydrogens (tertiary/aromatic N) is 1. The van der Waals surface area contributed by atoms with Crippen molar-refractivity contribution < 1.29 is 18.8 Å². The van der Waals surface area contributed by atoms with Gasteiger partial charge in [-0.3, -0.25) is 10.1 Å². The molecule has 3 rings (SSSR count). The molecule has 1 unspecified atom stereocenters. The van der Waals surface area contributed by atoms with E-state index < -0.39 is 11.0 Å². The van der Waals surface area contributed by atoms with Crippen LogP contribution in [0.2, 0.25) is 0 Å². The zero-order valence-corrected chi connectivity index (χ0v) is 16.8. The second kappa shape index (κ2) is 9.84. The Kier molecular flexibility index (Phi) is 6.98. The summed E-state index contributed by atoms with van der Waals surface area (Å²) in [6.07, 6.45) is 0.772. The normalized spacial score (nSPS) is 11.7. The van der Waals surface area contributed by atoms with Crippen LogP contribution in [0, 0.1) is 15.9 Å². The molecular formula is C23H23FN2O4. The summed E-state index contributed by atoms with van der Waals surface area (Å²) in [6.45, 7) is 0.619. The first-order chi connectivity index (χ1) is 14.5. The molecule has 0 fully saturated rings. The molecule has 0 aliphatic rings. The number of nitro benzene ring substituents is 1. The van der Waals surface area contributed by atoms with Gasteiger partial charge in [-0.1, -0.05) is 42.5 Å². The lowest BCUT2D eigenvalue weighted by Gasteiger charge is -2.21. The van der Waals surface area contributed by atoms with Crippen LogP contribution in [0.5, 0.6) is 11.5 Å². The largest absolute Gasteiger partial charge is 0.493 e. The van der Waals surface area contributed by atoms with Crippen molar-refractivity contribution in [3.63, 3.8) is 0 Å². The number of rotatable bonds is 9. The van der Waals surface area contributed by atoms with Crippen molar-refractivity contribution in [2.24, 2.45) is 0 Å². The van der Waals surface area contributed by atoms with Crippen LogP contribution in [-0.2, 0) is 6.42 Å². The summed E-state index contributed by atoms with van der Waals surface area (Å²) < 4.78 is 24.0. The molecule has 1 atom stereocenters. The molecule has 0 saturated heterocycles. The van der Waals surface area contributed by atoms with E-state index in [4.69, 9.17) is 9.47 Å². The van der Waals surface area contributed by atoms with Gasteiger partial charge in [-0.15, -0.1) is 0 Å². The smallest absolute Gasteiger partial charge is 0.315 e. The van der Waals surface area contributed by atoms with Gasteiger partial charge in [0, 0.05) is 12.6 Å². The Labute approximate surface area is 174 Å². The molecule has 156 valence electrons. The topological polar surface area (TPSA) is 73.6 Å². The standard InChI is InChI=1S/C23H23FN2O4/c1-29-21-15-18(14-20(26(27)28)23(21)30-2)22(17-8-10-19(24)11-9-17)25-13-12-16-6-4-3-5-7-16/h3-11,14-15,22,25H,12-13H2,1-2H3. The Morgan fingerprint density at radius 1 is 1.00 bits per heavy atom. The number of halogens is 1. The molecule has 0 bridgehead atoms. The summed E-state index contributed by atoms with van der Waals surface area (Å²) in [5.41, 5.74) is 2.38. The molecule has 0 aliphatic carbocycles. The van der Waals surface area contributed by atoms with E-state index in [1.165, 1.54) is 38.0 Å². The van der Waals surface area contributed by atoms with Crippen LogP contribution in [0.1, 0.15) is 22.7 Å². The summed E-state index contributed by atoms with van der Waals surface area (Å²) in [5.74, 6) is -0.0212. The number of ether oxygens (including phenoxy) is 2. The molecule has 0 aromatic heterocycles. The van der Waals surface area contributed by atoms with Gasteiger partial charge in [0.25, 0.3) is 0 Å². The number of nitro groups is 1. The van der Waals surface area contributed by atoms with Crippen molar-refractivity contribution in [2.75, 3.05) is 20.8 Å². The molecule has 3 aromatic rings. The highest BCUT2D eigenvalue weighted by molar-refractivity contribution is 5.59. The Hall–Kier alpha value is -3.45. The predicted octanol–water partition coefficient (Wildman–Crippen LogP) is 4.67. The fourth-order valence-electron chi connectivity index (χ4n) is 3.36. The molecule has 0 aliphatic heterocycles. The number of hydrogen-bond donors (Lipinski definition) is 1. The van der Waals surface area contributed by atoms with Gasteiger partial charge < -0.3 is 14.8 Å². The highest BCUT2D eigenvalue weighted by Gasteiger charge is 2.25. The van der Waals surface area contributed by atoms with Crippen molar-refractivity contribution in [1.29, 1.82) is 0 Å². The van der Waals surface area contributed by atoms with Crippen LogP contribution in [0.15, 0.2) is 66.7 Å². The van der Waals surface area contributed by atoms with Gasteiger partial charge in [0.05, 0.1) is 25.2 Å². The molecule has 0 saturated carbocycles. The predicted molar refractivity (Wildman–Crippen MR) is 113 cm³/mol. The van der Waals surface area contributed by atoms with E-state index in [-0.39, 0.29) is 23.0 Å². The van der Waals surface area contributed by atoms with Crippen molar-refractivity contribution in [3.8, 4) is 11.5 Å². The van der Waals surface area contributed by atoms with E-state index >= 15 is 0 Å². The van der Waals surface area contributed by atoms with E-state index in [9.17, 15) is 14.5 Å². The molecule has 7 heteroatoms. The summed E-state index contributed by atoms with van der Waals surface area (Å²) in [7, 11) is 2.79. The van der Waals surface area contributed by atoms with E-state index in [0.29, 0.717) is 12.1 Å². The number of benzene rings is 3. The van der Waals surface area contributed by atoms with Crippen LogP contribution < -0.4 is 14.8 Å². The highest BCUT2D eigenvalue weighted by atomic mass is 19.1. The molecule has 6 nitrogen and oxygen atoms in total. The van der Waals surface area contributed by atoms with Crippen molar-refractivity contribution in [2.45, 2.75) is 12.5 Å². The average Bonchev–Trinajstić information content (AvgIpc) is 2.77. The highest BCUT2D eigenvalue weighted by Crippen LogP contribution is 2.40. The molecule has 3 aromatic carbocycles. The third kappa shape index (κ3) is 4.93. The lowest BCUT2D eigenvalue weighted by Crippen LogP contribution is -2.25. The fourth-order valence-corrected chi connectivity index (χ4v) is 3.36. The van der Waals surface area contributed by atoms with E-state index in [1.54, 1.807) is 18.2 Å². The lowest BCUT2D eigenvalue weighted by molar-refractivity contribution is -0.385. The minimum Gasteiger partial charge on any atom is -0.493 e. The minimum atomic E-state index is -0.503. The minimum absolute atomic E-state index is 0.0633. The van der Waals surface area contributed by atoms with Gasteiger partial charge >= 0.3 is 5.69 Å². The van der Waals surface area contributed by atoms with Crippen molar-refractivity contribution in [1.82, 2.24) is 5.32 Å². The summed E-state index contributed by atoms with van der Waals surface area (Å²) >= 11 is 0. The van der Waals surface area contributed by atoms with Gasteiger partial charge in [-0.2, -0.15) is 0 Å². The monoisotopic (exact) mass is 410 g/mol. The Bertz CT molecular complexity index is 994. The molecule has 1 N–H and O–H groups in total. The molecule has 30 heavy (non-hydrogen) atoms. The molecule has 0 heterocycles. The van der Waals surface area contributed by atoms with Crippen molar-refractivity contribution >= 4 is 5.69 Å². The van der Waals surface area contributed by atoms with Gasteiger partial charge in [-0.05, 0) is 41.3 Å². The van der Waals surface area contributed by atoms with Gasteiger partial charge in [0.2, 0.25) is 5.75 Å². The lowest BCUT2D eigenvalue weighted by atomic mass is 9.97. The maximum atomic E-state index is 13.5. The maximum absolute atomic E-state index is 13.5. The first kappa shape index (κ1) is 21.3. The Balaban J connectivity index is 1.97. The Morgan fingerprint density at radius 2 is 1.70 bits per heavy atom. The molecule has 0 spiro atoms. The van der Waals surface area contributed by atoms with E-state index in [2.05, 4.69) is 5.32 Å². The number of methoxy groups -OCH3 is 2. The zero-order valence-electron chi connectivity index (χ0n) is 16.8. The third-order valence-corrected chi connectivity index (χ3v) is 4.82. The average molecular weight is 410 g/mol. The van der Waals surface area contributed by atoms with Crippen LogP contribution in [-0.4, -0.2) is 25.7 Å². The Morgan fingerprint density at radius 3 is 2.30 bits per heavy atom. The number of nitrogens with one attached hydrogen (secondary N) is 1. The summed E-state index contributed by atoms with van der Waals surface area (Å²) in [4.78, 5) is 11.1. The van der Waals surface area contributed by atoms with Crippen LogP contribution in [0.25, 0.3) is 0 Å². The molecule has 0 radical (unpaired) electrons.